The van der Waals surface area contributed by atoms with Gasteiger partial charge in [0, 0.05) is 24.9 Å². The van der Waals surface area contributed by atoms with Gasteiger partial charge in [0.1, 0.15) is 6.61 Å². The van der Waals surface area contributed by atoms with E-state index in [9.17, 15) is 4.79 Å². The standard InChI is InChI=1S/C23H21N3O4/c1-16(27)26-23(30-22(25-26)19-9-6-12-24-14-19)18-10-11-20(28-2)21(13-18)29-15-17-7-4-3-5-8-17/h3-14,23H,15H2,1-2H3/t23-/m0/s1. The fourth-order valence-corrected chi connectivity index (χ4v) is 3.08. The summed E-state index contributed by atoms with van der Waals surface area (Å²) in [6, 6.07) is 18.9. The first-order valence-corrected chi connectivity index (χ1v) is 9.46. The first kappa shape index (κ1) is 19.4. The second-order valence-electron chi connectivity index (χ2n) is 6.67. The van der Waals surface area contributed by atoms with E-state index in [1.165, 1.54) is 11.9 Å². The van der Waals surface area contributed by atoms with E-state index in [1.807, 2.05) is 48.5 Å². The number of hydrogen-bond acceptors (Lipinski definition) is 6. The molecule has 0 spiro atoms. The maximum atomic E-state index is 12.2. The van der Waals surface area contributed by atoms with Crippen LogP contribution in [-0.4, -0.2) is 28.9 Å². The Balaban J connectivity index is 1.60. The van der Waals surface area contributed by atoms with E-state index >= 15 is 0 Å². The van der Waals surface area contributed by atoms with E-state index in [0.29, 0.717) is 29.6 Å². The zero-order valence-electron chi connectivity index (χ0n) is 16.7. The minimum atomic E-state index is -0.706. The van der Waals surface area contributed by atoms with Gasteiger partial charge >= 0.3 is 0 Å². The highest BCUT2D eigenvalue weighted by atomic mass is 16.5. The Kier molecular flexibility index (Phi) is 5.61. The summed E-state index contributed by atoms with van der Waals surface area (Å²) in [6.45, 7) is 1.84. The van der Waals surface area contributed by atoms with Crippen molar-refractivity contribution in [2.45, 2.75) is 19.8 Å². The van der Waals surface area contributed by atoms with Crippen molar-refractivity contribution < 1.29 is 19.0 Å². The summed E-state index contributed by atoms with van der Waals surface area (Å²) in [5, 5.41) is 5.66. The van der Waals surface area contributed by atoms with Crippen LogP contribution >= 0.6 is 0 Å². The number of carbonyl (C=O) groups excluding carboxylic acids is 1. The van der Waals surface area contributed by atoms with Crippen LogP contribution in [0.5, 0.6) is 11.5 Å². The third-order valence-corrected chi connectivity index (χ3v) is 4.59. The monoisotopic (exact) mass is 403 g/mol. The van der Waals surface area contributed by atoms with E-state index in [4.69, 9.17) is 14.2 Å². The quantitative estimate of drug-likeness (QED) is 0.624. The van der Waals surface area contributed by atoms with Gasteiger partial charge in [-0.1, -0.05) is 30.3 Å². The zero-order valence-corrected chi connectivity index (χ0v) is 16.7. The van der Waals surface area contributed by atoms with Gasteiger partial charge in [-0.15, -0.1) is 5.10 Å². The summed E-state index contributed by atoms with van der Waals surface area (Å²) in [4.78, 5) is 16.3. The van der Waals surface area contributed by atoms with Gasteiger partial charge in [0.15, 0.2) is 11.5 Å². The normalized spacial score (nSPS) is 15.3. The molecule has 0 aliphatic carbocycles. The molecule has 0 bridgehead atoms. The molecular formula is C23H21N3O4. The zero-order chi connectivity index (χ0) is 20.9. The Labute approximate surface area is 174 Å². The maximum Gasteiger partial charge on any atom is 0.243 e. The maximum absolute atomic E-state index is 12.2. The number of nitrogens with zero attached hydrogens (tertiary/aromatic N) is 3. The molecule has 0 unspecified atom stereocenters. The van der Waals surface area contributed by atoms with E-state index < -0.39 is 6.23 Å². The highest BCUT2D eigenvalue weighted by Gasteiger charge is 2.33. The van der Waals surface area contributed by atoms with Gasteiger partial charge in [-0.05, 0) is 35.9 Å². The highest BCUT2D eigenvalue weighted by molar-refractivity contribution is 5.96. The fourth-order valence-electron chi connectivity index (χ4n) is 3.08. The third kappa shape index (κ3) is 4.10. The first-order valence-electron chi connectivity index (χ1n) is 9.46. The first-order chi connectivity index (χ1) is 14.7. The van der Waals surface area contributed by atoms with Crippen molar-refractivity contribution in [1.82, 2.24) is 9.99 Å². The average molecular weight is 403 g/mol. The molecule has 0 N–H and O–H groups in total. The Bertz CT molecular complexity index is 1050. The van der Waals surface area contributed by atoms with Crippen molar-refractivity contribution in [1.29, 1.82) is 0 Å². The molecule has 3 aromatic rings. The fraction of sp³-hybridized carbons (Fsp3) is 0.174. The SMILES string of the molecule is COc1ccc([C@@H]2OC(c3cccnc3)=NN2C(C)=O)cc1OCc1ccccc1. The van der Waals surface area contributed by atoms with Crippen LogP contribution in [0.1, 0.15) is 29.8 Å². The summed E-state index contributed by atoms with van der Waals surface area (Å²) in [5.41, 5.74) is 2.45. The molecule has 1 aromatic heterocycles. The molecule has 1 aliphatic rings. The number of benzene rings is 2. The topological polar surface area (TPSA) is 73.3 Å². The van der Waals surface area contributed by atoms with Crippen molar-refractivity contribution in [3.8, 4) is 11.5 Å². The number of rotatable bonds is 6. The summed E-state index contributed by atoms with van der Waals surface area (Å²) in [6.07, 6.45) is 2.60. The van der Waals surface area contributed by atoms with E-state index in [0.717, 1.165) is 11.1 Å². The van der Waals surface area contributed by atoms with Crippen molar-refractivity contribution >= 4 is 11.8 Å². The smallest absolute Gasteiger partial charge is 0.243 e. The van der Waals surface area contributed by atoms with Gasteiger partial charge in [-0.3, -0.25) is 9.78 Å². The lowest BCUT2D eigenvalue weighted by atomic mass is 10.1. The number of pyridine rings is 1. The molecule has 4 rings (SSSR count). The molecule has 2 aromatic carbocycles. The Hall–Kier alpha value is -3.87. The van der Waals surface area contributed by atoms with Gasteiger partial charge < -0.3 is 14.2 Å². The molecule has 1 amide bonds. The Morgan fingerprint density at radius 1 is 1.10 bits per heavy atom. The largest absolute Gasteiger partial charge is 0.493 e. The molecule has 7 heteroatoms. The molecule has 7 nitrogen and oxygen atoms in total. The number of amides is 1. The van der Waals surface area contributed by atoms with Crippen LogP contribution in [-0.2, 0) is 16.1 Å². The van der Waals surface area contributed by atoms with Gasteiger partial charge in [0.25, 0.3) is 0 Å². The van der Waals surface area contributed by atoms with Crippen LogP contribution in [0.15, 0.2) is 78.2 Å². The van der Waals surface area contributed by atoms with Gasteiger partial charge in [-0.2, -0.15) is 5.01 Å². The molecule has 0 saturated heterocycles. The molecule has 1 atom stereocenters. The van der Waals surface area contributed by atoms with Crippen LogP contribution in [0.3, 0.4) is 0 Å². The number of hydrogen-bond donors (Lipinski definition) is 0. The molecule has 152 valence electrons. The van der Waals surface area contributed by atoms with Crippen LogP contribution in [0.25, 0.3) is 0 Å². The molecule has 0 saturated carbocycles. The number of ether oxygens (including phenoxy) is 3. The lowest BCUT2D eigenvalue weighted by molar-refractivity contribution is -0.135. The average Bonchev–Trinajstić information content (AvgIpc) is 3.25. The van der Waals surface area contributed by atoms with Gasteiger partial charge in [0.05, 0.1) is 12.7 Å². The molecule has 0 fully saturated rings. The van der Waals surface area contributed by atoms with Crippen LogP contribution in [0.4, 0.5) is 0 Å². The summed E-state index contributed by atoms with van der Waals surface area (Å²) in [5.74, 6) is 1.25. The van der Waals surface area contributed by atoms with Crippen LogP contribution < -0.4 is 9.47 Å². The molecule has 2 heterocycles. The van der Waals surface area contributed by atoms with Crippen molar-refractivity contribution in [3.63, 3.8) is 0 Å². The predicted molar refractivity (Wildman–Crippen MR) is 111 cm³/mol. The van der Waals surface area contributed by atoms with Crippen molar-refractivity contribution in [2.75, 3.05) is 7.11 Å². The number of hydrazone groups is 1. The minimum Gasteiger partial charge on any atom is -0.493 e. The summed E-state index contributed by atoms with van der Waals surface area (Å²) in [7, 11) is 1.59. The van der Waals surface area contributed by atoms with E-state index in [1.54, 1.807) is 31.6 Å². The van der Waals surface area contributed by atoms with Crippen LogP contribution in [0, 0.1) is 0 Å². The van der Waals surface area contributed by atoms with E-state index in [2.05, 4.69) is 10.1 Å². The highest BCUT2D eigenvalue weighted by Crippen LogP contribution is 2.36. The van der Waals surface area contributed by atoms with E-state index in [-0.39, 0.29) is 5.91 Å². The molecule has 30 heavy (non-hydrogen) atoms. The van der Waals surface area contributed by atoms with Gasteiger partial charge in [0.2, 0.25) is 18.0 Å². The second-order valence-corrected chi connectivity index (χ2v) is 6.67. The van der Waals surface area contributed by atoms with Crippen molar-refractivity contribution in [2.24, 2.45) is 5.10 Å². The van der Waals surface area contributed by atoms with Gasteiger partial charge in [-0.25, -0.2) is 0 Å². The number of methoxy groups -OCH3 is 1. The minimum absolute atomic E-state index is 0.235. The lowest BCUT2D eigenvalue weighted by Crippen LogP contribution is -2.25. The summed E-state index contributed by atoms with van der Waals surface area (Å²) >= 11 is 0. The molecule has 1 aliphatic heterocycles. The molecule has 0 radical (unpaired) electrons. The van der Waals surface area contributed by atoms with Crippen molar-refractivity contribution in [3.05, 3.63) is 89.7 Å². The number of aromatic nitrogens is 1. The molecular weight excluding hydrogens is 382 g/mol. The lowest BCUT2D eigenvalue weighted by Gasteiger charge is -2.21. The Morgan fingerprint density at radius 3 is 2.63 bits per heavy atom. The number of carbonyl (C=O) groups is 1. The predicted octanol–water partition coefficient (Wildman–Crippen LogP) is 3.91. The second kappa shape index (κ2) is 8.65. The Morgan fingerprint density at radius 2 is 1.93 bits per heavy atom. The summed E-state index contributed by atoms with van der Waals surface area (Å²) < 4.78 is 17.4. The third-order valence-electron chi connectivity index (χ3n) is 4.59. The van der Waals surface area contributed by atoms with Crippen LogP contribution in [0.2, 0.25) is 0 Å².